The molecule has 0 amide bonds. The van der Waals surface area contributed by atoms with Gasteiger partial charge in [0.25, 0.3) is 0 Å². The lowest BCUT2D eigenvalue weighted by Gasteiger charge is -2.22. The molecule has 158 valence electrons. The van der Waals surface area contributed by atoms with Crippen molar-refractivity contribution < 1.29 is 19.1 Å². The zero-order valence-electron chi connectivity index (χ0n) is 18.5. The molecule has 0 aliphatic carbocycles. The molecule has 0 aromatic heterocycles. The van der Waals surface area contributed by atoms with E-state index in [4.69, 9.17) is 9.47 Å². The predicted molar refractivity (Wildman–Crippen MR) is 121 cm³/mol. The van der Waals surface area contributed by atoms with Crippen molar-refractivity contribution in [1.82, 2.24) is 0 Å². The van der Waals surface area contributed by atoms with Crippen molar-refractivity contribution in [3.8, 4) is 11.5 Å². The smallest absolute Gasteiger partial charge is 0.311 e. The van der Waals surface area contributed by atoms with Gasteiger partial charge < -0.3 is 9.47 Å². The third kappa shape index (κ3) is 4.48. The van der Waals surface area contributed by atoms with Crippen molar-refractivity contribution in [2.24, 2.45) is 0 Å². The number of fused-ring (bicyclic) bond motifs is 2. The van der Waals surface area contributed by atoms with Crippen LogP contribution in [0.4, 0.5) is 0 Å². The van der Waals surface area contributed by atoms with Crippen LogP contribution in [0.1, 0.15) is 65.9 Å². The summed E-state index contributed by atoms with van der Waals surface area (Å²) in [7, 11) is 0. The maximum absolute atomic E-state index is 12.4. The molecule has 3 aromatic rings. The van der Waals surface area contributed by atoms with Crippen LogP contribution < -0.4 is 9.47 Å². The first-order valence-corrected chi connectivity index (χ1v) is 10.7. The monoisotopic (exact) mass is 406 g/mol. The molecular weight excluding hydrogens is 376 g/mol. The Labute approximate surface area is 178 Å². The molecule has 0 heterocycles. The predicted octanol–water partition coefficient (Wildman–Crippen LogP) is 6.70. The van der Waals surface area contributed by atoms with Crippen LogP contribution in [0.25, 0.3) is 21.5 Å². The summed E-state index contributed by atoms with van der Waals surface area (Å²) in [5.74, 6) is 0.524. The van der Waals surface area contributed by atoms with Crippen molar-refractivity contribution in [2.75, 3.05) is 0 Å². The Bertz CT molecular complexity index is 1090. The molecule has 0 saturated carbocycles. The number of benzene rings is 3. The molecule has 0 fully saturated rings. The van der Waals surface area contributed by atoms with Crippen LogP contribution in [-0.4, -0.2) is 11.9 Å². The molecule has 0 atom stereocenters. The van der Waals surface area contributed by atoms with Gasteiger partial charge in [-0.1, -0.05) is 71.0 Å². The number of hydrogen-bond donors (Lipinski definition) is 0. The molecule has 0 aliphatic rings. The van der Waals surface area contributed by atoms with Crippen molar-refractivity contribution in [3.05, 3.63) is 48.0 Å². The minimum Gasteiger partial charge on any atom is -0.425 e. The van der Waals surface area contributed by atoms with Gasteiger partial charge in [0.2, 0.25) is 0 Å². The van der Waals surface area contributed by atoms with Crippen LogP contribution >= 0.6 is 0 Å². The lowest BCUT2D eigenvalue weighted by molar-refractivity contribution is -0.135. The maximum Gasteiger partial charge on any atom is 0.311 e. The number of hydrogen-bond acceptors (Lipinski definition) is 4. The summed E-state index contributed by atoms with van der Waals surface area (Å²) in [6.07, 6.45) is 2.13. The summed E-state index contributed by atoms with van der Waals surface area (Å²) in [6, 6.07) is 13.7. The van der Waals surface area contributed by atoms with Gasteiger partial charge in [-0.3, -0.25) is 9.59 Å². The SMILES string of the molecule is CCCC(=O)Oc1c2ccccc2c(OC(=O)CCC)c2cc(C(C)(C)C)ccc12. The van der Waals surface area contributed by atoms with Crippen molar-refractivity contribution in [3.63, 3.8) is 0 Å². The van der Waals surface area contributed by atoms with E-state index in [1.807, 2.05) is 56.3 Å². The molecule has 0 radical (unpaired) electrons. The van der Waals surface area contributed by atoms with E-state index in [9.17, 15) is 9.59 Å². The highest BCUT2D eigenvalue weighted by Crippen LogP contribution is 2.44. The Morgan fingerprint density at radius 1 is 0.733 bits per heavy atom. The maximum atomic E-state index is 12.4. The van der Waals surface area contributed by atoms with Gasteiger partial charge in [-0.25, -0.2) is 0 Å². The van der Waals surface area contributed by atoms with Crippen LogP contribution in [0, 0.1) is 0 Å². The summed E-state index contributed by atoms with van der Waals surface area (Å²) in [5, 5.41) is 3.08. The van der Waals surface area contributed by atoms with Gasteiger partial charge >= 0.3 is 11.9 Å². The van der Waals surface area contributed by atoms with E-state index >= 15 is 0 Å². The summed E-state index contributed by atoms with van der Waals surface area (Å²) in [5.41, 5.74) is 1.03. The molecule has 0 bridgehead atoms. The molecule has 0 saturated heterocycles. The minimum atomic E-state index is -0.264. The summed E-state index contributed by atoms with van der Waals surface area (Å²) >= 11 is 0. The average molecular weight is 407 g/mol. The zero-order valence-corrected chi connectivity index (χ0v) is 18.5. The van der Waals surface area contributed by atoms with Gasteiger partial charge in [0.05, 0.1) is 0 Å². The fraction of sp³-hybridized carbons (Fsp3) is 0.385. The van der Waals surface area contributed by atoms with Crippen LogP contribution in [-0.2, 0) is 15.0 Å². The highest BCUT2D eigenvalue weighted by atomic mass is 16.5. The van der Waals surface area contributed by atoms with Crippen molar-refractivity contribution in [2.45, 2.75) is 65.7 Å². The molecule has 3 aromatic carbocycles. The molecule has 4 heteroatoms. The van der Waals surface area contributed by atoms with E-state index in [0.717, 1.165) is 33.5 Å². The Morgan fingerprint density at radius 2 is 1.20 bits per heavy atom. The molecular formula is C26H30O4. The average Bonchev–Trinajstić information content (AvgIpc) is 2.69. The standard InChI is InChI=1S/C26H30O4/c1-6-10-22(27)29-24-18-12-8-9-13-19(18)25(30-23(28)11-7-2)21-16-17(26(3,4)5)14-15-20(21)24/h8-9,12-16H,6-7,10-11H2,1-5H3. The van der Waals surface area contributed by atoms with Crippen LogP contribution in [0.2, 0.25) is 0 Å². The third-order valence-corrected chi connectivity index (χ3v) is 5.13. The molecule has 4 nitrogen and oxygen atoms in total. The highest BCUT2D eigenvalue weighted by Gasteiger charge is 2.22. The quantitative estimate of drug-likeness (QED) is 0.260. The van der Waals surface area contributed by atoms with E-state index < -0.39 is 0 Å². The fourth-order valence-electron chi connectivity index (χ4n) is 3.52. The second kappa shape index (κ2) is 8.86. The van der Waals surface area contributed by atoms with Crippen molar-refractivity contribution in [1.29, 1.82) is 0 Å². The molecule has 0 unspecified atom stereocenters. The second-order valence-corrected chi connectivity index (χ2v) is 8.66. The van der Waals surface area contributed by atoms with E-state index in [-0.39, 0.29) is 17.4 Å². The Hall–Kier alpha value is -2.88. The second-order valence-electron chi connectivity index (χ2n) is 8.66. The van der Waals surface area contributed by atoms with Crippen molar-refractivity contribution >= 4 is 33.5 Å². The molecule has 3 rings (SSSR count). The lowest BCUT2D eigenvalue weighted by Crippen LogP contribution is -2.12. The number of ether oxygens (including phenoxy) is 2. The van der Waals surface area contributed by atoms with E-state index in [1.165, 1.54) is 0 Å². The number of rotatable bonds is 6. The first-order chi connectivity index (χ1) is 14.3. The van der Waals surface area contributed by atoms with Crippen LogP contribution in [0.15, 0.2) is 42.5 Å². The Balaban J connectivity index is 2.35. The fourth-order valence-corrected chi connectivity index (χ4v) is 3.52. The van der Waals surface area contributed by atoms with Gasteiger partial charge in [0.15, 0.2) is 0 Å². The molecule has 0 N–H and O–H groups in total. The van der Waals surface area contributed by atoms with Gasteiger partial charge in [-0.15, -0.1) is 0 Å². The van der Waals surface area contributed by atoms with Gasteiger partial charge in [0.1, 0.15) is 11.5 Å². The lowest BCUT2D eigenvalue weighted by atomic mass is 9.85. The van der Waals surface area contributed by atoms with Gasteiger partial charge in [-0.05, 0) is 29.9 Å². The topological polar surface area (TPSA) is 52.6 Å². The Kier molecular flexibility index (Phi) is 6.45. The third-order valence-electron chi connectivity index (χ3n) is 5.13. The Morgan fingerprint density at radius 3 is 1.67 bits per heavy atom. The summed E-state index contributed by atoms with van der Waals surface area (Å²) < 4.78 is 11.7. The van der Waals surface area contributed by atoms with Crippen LogP contribution in [0.5, 0.6) is 11.5 Å². The molecule has 0 aliphatic heterocycles. The molecule has 0 spiro atoms. The largest absolute Gasteiger partial charge is 0.425 e. The number of carbonyl (C=O) groups excluding carboxylic acids is 2. The molecule has 30 heavy (non-hydrogen) atoms. The summed E-state index contributed by atoms with van der Waals surface area (Å²) in [6.45, 7) is 10.3. The first kappa shape index (κ1) is 21.8. The summed E-state index contributed by atoms with van der Waals surface area (Å²) in [4.78, 5) is 24.8. The van der Waals surface area contributed by atoms with E-state index in [1.54, 1.807) is 0 Å². The van der Waals surface area contributed by atoms with E-state index in [0.29, 0.717) is 30.8 Å². The highest BCUT2D eigenvalue weighted by molar-refractivity contribution is 6.12. The number of carbonyl (C=O) groups is 2. The van der Waals surface area contributed by atoms with E-state index in [2.05, 4.69) is 20.8 Å². The van der Waals surface area contributed by atoms with Gasteiger partial charge in [-0.2, -0.15) is 0 Å². The minimum absolute atomic E-state index is 0.0798. The number of esters is 2. The normalized spacial score (nSPS) is 11.6. The first-order valence-electron chi connectivity index (χ1n) is 10.7. The van der Waals surface area contributed by atoms with Gasteiger partial charge in [0, 0.05) is 34.4 Å². The van der Waals surface area contributed by atoms with Crippen LogP contribution in [0.3, 0.4) is 0 Å². The zero-order chi connectivity index (χ0) is 21.9.